The zero-order valence-corrected chi connectivity index (χ0v) is 12.7. The van der Waals surface area contributed by atoms with E-state index in [2.05, 4.69) is 10.2 Å². The highest BCUT2D eigenvalue weighted by atomic mass is 16.4. The van der Waals surface area contributed by atoms with Gasteiger partial charge in [0.1, 0.15) is 0 Å². The van der Waals surface area contributed by atoms with Crippen LogP contribution in [0.2, 0.25) is 0 Å². The first-order valence-electron chi connectivity index (χ1n) is 7.83. The Balaban J connectivity index is 1.48. The normalized spacial score (nSPS) is 24.1. The Morgan fingerprint density at radius 3 is 2.68 bits per heavy atom. The Kier molecular flexibility index (Phi) is 4.20. The molecule has 2 N–H and O–H groups in total. The highest BCUT2D eigenvalue weighted by Crippen LogP contribution is 2.33. The first-order chi connectivity index (χ1) is 10.5. The molecule has 0 saturated heterocycles. The molecule has 2 fully saturated rings. The molecule has 2 saturated carbocycles. The van der Waals surface area contributed by atoms with Gasteiger partial charge in [0.25, 0.3) is 5.91 Å². The Morgan fingerprint density at radius 2 is 2.14 bits per heavy atom. The molecule has 2 aliphatic rings. The van der Waals surface area contributed by atoms with Crippen molar-refractivity contribution in [2.75, 3.05) is 13.1 Å². The molecule has 120 valence electrons. The number of nitrogens with zero attached hydrogens (tertiary/aromatic N) is 1. The first-order valence-corrected chi connectivity index (χ1v) is 7.83. The molecule has 6 heteroatoms. The zero-order valence-electron chi connectivity index (χ0n) is 12.7. The second kappa shape index (κ2) is 6.12. The van der Waals surface area contributed by atoms with Gasteiger partial charge >= 0.3 is 5.97 Å². The summed E-state index contributed by atoms with van der Waals surface area (Å²) >= 11 is 0. The van der Waals surface area contributed by atoms with Crippen molar-refractivity contribution < 1.29 is 19.1 Å². The minimum absolute atomic E-state index is 0.0964. The van der Waals surface area contributed by atoms with Crippen LogP contribution in [0.4, 0.5) is 0 Å². The highest BCUT2D eigenvalue weighted by Gasteiger charge is 2.38. The van der Waals surface area contributed by atoms with Crippen LogP contribution in [0.15, 0.2) is 16.7 Å². The lowest BCUT2D eigenvalue weighted by Crippen LogP contribution is -2.55. The van der Waals surface area contributed by atoms with E-state index in [1.165, 1.54) is 19.1 Å². The molecule has 0 spiro atoms. The summed E-state index contributed by atoms with van der Waals surface area (Å²) in [6.07, 6.45) is 5.55. The molecular formula is C16H22N2O4. The number of carboxylic acid groups (broad SMARTS) is 1. The quantitative estimate of drug-likeness (QED) is 0.800. The van der Waals surface area contributed by atoms with Gasteiger partial charge in [0.05, 0.1) is 12.8 Å². The van der Waals surface area contributed by atoms with Gasteiger partial charge in [-0.15, -0.1) is 0 Å². The lowest BCUT2D eigenvalue weighted by molar-refractivity contribution is -0.139. The second-order valence-corrected chi connectivity index (χ2v) is 6.49. The molecule has 0 aromatic carbocycles. The zero-order chi connectivity index (χ0) is 15.7. The fraction of sp³-hybridized carbons (Fsp3) is 0.625. The topological polar surface area (TPSA) is 82.8 Å². The summed E-state index contributed by atoms with van der Waals surface area (Å²) in [5.41, 5.74) is 0.828. The lowest BCUT2D eigenvalue weighted by Gasteiger charge is -2.42. The minimum atomic E-state index is -0.778. The van der Waals surface area contributed by atoms with Gasteiger partial charge in [-0.05, 0) is 44.6 Å². The van der Waals surface area contributed by atoms with Crippen LogP contribution in [-0.4, -0.2) is 47.1 Å². The Morgan fingerprint density at radius 1 is 1.41 bits per heavy atom. The number of carbonyl (C=O) groups excluding carboxylic acids is 1. The van der Waals surface area contributed by atoms with Crippen LogP contribution in [0.3, 0.4) is 0 Å². The highest BCUT2D eigenvalue weighted by molar-refractivity contribution is 5.93. The van der Waals surface area contributed by atoms with Crippen molar-refractivity contribution in [3.63, 3.8) is 0 Å². The van der Waals surface area contributed by atoms with E-state index in [0.717, 1.165) is 24.9 Å². The Labute approximate surface area is 129 Å². The van der Waals surface area contributed by atoms with Gasteiger partial charge in [0.15, 0.2) is 5.76 Å². The standard InChI is InChI=1S/C16H22N2O4/c1-10-4-5-22-15(10)16(21)17-12-6-13(7-12)18(9-14(19)20)8-11-2-3-11/h4-5,11-13H,2-3,6-9H2,1H3,(H,17,21)(H,19,20). The number of aryl methyl sites for hydroxylation is 1. The van der Waals surface area contributed by atoms with E-state index < -0.39 is 5.97 Å². The molecule has 3 rings (SSSR count). The summed E-state index contributed by atoms with van der Waals surface area (Å²) in [6, 6.07) is 2.14. The van der Waals surface area contributed by atoms with E-state index in [9.17, 15) is 9.59 Å². The number of hydrogen-bond donors (Lipinski definition) is 2. The number of nitrogens with one attached hydrogen (secondary N) is 1. The monoisotopic (exact) mass is 306 g/mol. The predicted molar refractivity (Wildman–Crippen MR) is 79.7 cm³/mol. The molecular weight excluding hydrogens is 284 g/mol. The fourth-order valence-electron chi connectivity index (χ4n) is 3.01. The van der Waals surface area contributed by atoms with Crippen molar-refractivity contribution in [1.29, 1.82) is 0 Å². The summed E-state index contributed by atoms with van der Waals surface area (Å²) in [5, 5.41) is 12.0. The maximum Gasteiger partial charge on any atom is 0.317 e. The summed E-state index contributed by atoms with van der Waals surface area (Å²) < 4.78 is 5.18. The van der Waals surface area contributed by atoms with Crippen LogP contribution >= 0.6 is 0 Å². The predicted octanol–water partition coefficient (Wildman–Crippen LogP) is 1.65. The van der Waals surface area contributed by atoms with Gasteiger partial charge in [-0.2, -0.15) is 0 Å². The van der Waals surface area contributed by atoms with E-state index in [1.807, 2.05) is 6.92 Å². The van der Waals surface area contributed by atoms with Crippen LogP contribution in [0.25, 0.3) is 0 Å². The molecule has 6 nitrogen and oxygen atoms in total. The summed E-state index contributed by atoms with van der Waals surface area (Å²) in [4.78, 5) is 25.1. The van der Waals surface area contributed by atoms with Crippen molar-refractivity contribution in [2.45, 2.75) is 44.7 Å². The van der Waals surface area contributed by atoms with Crippen LogP contribution in [0.5, 0.6) is 0 Å². The van der Waals surface area contributed by atoms with Crippen LogP contribution in [0.1, 0.15) is 41.8 Å². The van der Waals surface area contributed by atoms with Gasteiger partial charge < -0.3 is 14.8 Å². The summed E-state index contributed by atoms with van der Waals surface area (Å²) in [5.74, 6) is 0.0693. The Hall–Kier alpha value is -1.82. The van der Waals surface area contributed by atoms with Crippen molar-refractivity contribution >= 4 is 11.9 Å². The third-order valence-corrected chi connectivity index (χ3v) is 4.56. The third kappa shape index (κ3) is 3.50. The Bertz CT molecular complexity index is 558. The van der Waals surface area contributed by atoms with Crippen LogP contribution in [0, 0.1) is 12.8 Å². The van der Waals surface area contributed by atoms with Gasteiger partial charge in [-0.3, -0.25) is 14.5 Å². The van der Waals surface area contributed by atoms with E-state index in [1.54, 1.807) is 6.07 Å². The number of hydrogen-bond acceptors (Lipinski definition) is 4. The number of aliphatic carboxylic acids is 1. The van der Waals surface area contributed by atoms with Crippen LogP contribution < -0.4 is 5.32 Å². The average molecular weight is 306 g/mol. The third-order valence-electron chi connectivity index (χ3n) is 4.56. The summed E-state index contributed by atoms with van der Waals surface area (Å²) in [7, 11) is 0. The maximum atomic E-state index is 12.1. The molecule has 1 heterocycles. The molecule has 0 bridgehead atoms. The van der Waals surface area contributed by atoms with Crippen molar-refractivity contribution in [1.82, 2.24) is 10.2 Å². The number of carbonyl (C=O) groups is 2. The molecule has 0 aliphatic heterocycles. The smallest absolute Gasteiger partial charge is 0.317 e. The molecule has 2 aliphatic carbocycles. The lowest BCUT2D eigenvalue weighted by atomic mass is 9.85. The number of carboxylic acids is 1. The van der Waals surface area contributed by atoms with Gasteiger partial charge in [-0.25, -0.2) is 0 Å². The first kappa shape index (κ1) is 15.1. The average Bonchev–Trinajstić information content (AvgIpc) is 3.11. The molecule has 0 atom stereocenters. The van der Waals surface area contributed by atoms with Crippen LogP contribution in [-0.2, 0) is 4.79 Å². The number of rotatable bonds is 7. The minimum Gasteiger partial charge on any atom is -0.480 e. The molecule has 1 aromatic rings. The second-order valence-electron chi connectivity index (χ2n) is 6.49. The largest absolute Gasteiger partial charge is 0.480 e. The van der Waals surface area contributed by atoms with Crippen molar-refractivity contribution in [2.24, 2.45) is 5.92 Å². The molecule has 0 radical (unpaired) electrons. The van der Waals surface area contributed by atoms with E-state index in [-0.39, 0.29) is 24.5 Å². The van der Waals surface area contributed by atoms with Gasteiger partial charge in [-0.1, -0.05) is 0 Å². The van der Waals surface area contributed by atoms with Gasteiger partial charge in [0.2, 0.25) is 0 Å². The molecule has 0 unspecified atom stereocenters. The van der Waals surface area contributed by atoms with E-state index >= 15 is 0 Å². The van der Waals surface area contributed by atoms with Crippen molar-refractivity contribution in [3.05, 3.63) is 23.7 Å². The molecule has 22 heavy (non-hydrogen) atoms. The summed E-state index contributed by atoms with van der Waals surface area (Å²) in [6.45, 7) is 2.81. The van der Waals surface area contributed by atoms with E-state index in [0.29, 0.717) is 11.7 Å². The SMILES string of the molecule is Cc1ccoc1C(=O)NC1CC(N(CC(=O)O)CC2CC2)C1. The number of furan rings is 1. The number of amides is 1. The van der Waals surface area contributed by atoms with Crippen molar-refractivity contribution in [3.8, 4) is 0 Å². The van der Waals surface area contributed by atoms with E-state index in [4.69, 9.17) is 9.52 Å². The molecule has 1 aromatic heterocycles. The fourth-order valence-corrected chi connectivity index (χ4v) is 3.01. The molecule has 1 amide bonds. The van der Waals surface area contributed by atoms with Gasteiger partial charge in [0, 0.05) is 24.2 Å². The maximum absolute atomic E-state index is 12.1.